The maximum Gasteiger partial charge on any atom is 0.238 e. The van der Waals surface area contributed by atoms with Gasteiger partial charge in [-0.25, -0.2) is 9.97 Å². The van der Waals surface area contributed by atoms with Crippen LogP contribution in [0.3, 0.4) is 0 Å². The van der Waals surface area contributed by atoms with Gasteiger partial charge in [0.2, 0.25) is 5.91 Å². The number of hydrogen-bond donors (Lipinski definition) is 2. The van der Waals surface area contributed by atoms with E-state index in [1.807, 2.05) is 19.9 Å². The Labute approximate surface area is 117 Å². The van der Waals surface area contributed by atoms with E-state index in [2.05, 4.69) is 15.3 Å². The molecule has 1 unspecified atom stereocenters. The van der Waals surface area contributed by atoms with Gasteiger partial charge in [-0.3, -0.25) is 4.79 Å². The second-order valence-corrected chi connectivity index (χ2v) is 6.24. The fourth-order valence-corrected chi connectivity index (χ4v) is 3.38. The summed E-state index contributed by atoms with van der Waals surface area (Å²) in [5, 5.41) is 4.25. The maximum atomic E-state index is 12.0. The van der Waals surface area contributed by atoms with Crippen LogP contribution in [0.1, 0.15) is 26.7 Å². The van der Waals surface area contributed by atoms with Crippen LogP contribution in [0.15, 0.2) is 23.6 Å². The van der Waals surface area contributed by atoms with Crippen LogP contribution in [0.25, 0.3) is 0 Å². The number of thioether (sulfide) groups is 1. The lowest BCUT2D eigenvalue weighted by Gasteiger charge is -2.33. The third kappa shape index (κ3) is 3.45. The first-order valence-corrected chi connectivity index (χ1v) is 7.49. The van der Waals surface area contributed by atoms with Crippen LogP contribution in [0.4, 0.5) is 0 Å². The smallest absolute Gasteiger partial charge is 0.238 e. The molecule has 0 bridgehead atoms. The van der Waals surface area contributed by atoms with Crippen molar-refractivity contribution in [1.82, 2.24) is 15.3 Å². The van der Waals surface area contributed by atoms with Gasteiger partial charge in [-0.1, -0.05) is 0 Å². The van der Waals surface area contributed by atoms with E-state index in [-0.39, 0.29) is 11.9 Å². The van der Waals surface area contributed by atoms with Gasteiger partial charge in [-0.2, -0.15) is 0 Å². The minimum atomic E-state index is -0.621. The first-order chi connectivity index (χ1) is 9.04. The van der Waals surface area contributed by atoms with Crippen LogP contribution in [0.5, 0.6) is 0 Å². The predicted molar refractivity (Wildman–Crippen MR) is 75.7 cm³/mol. The highest BCUT2D eigenvalue weighted by Crippen LogP contribution is 2.42. The monoisotopic (exact) mass is 280 g/mol. The molecule has 1 aromatic heterocycles. The fourth-order valence-electron chi connectivity index (χ4n) is 2.26. The van der Waals surface area contributed by atoms with Crippen molar-refractivity contribution in [2.24, 2.45) is 11.7 Å². The summed E-state index contributed by atoms with van der Waals surface area (Å²) in [7, 11) is 0. The Hall–Kier alpha value is -1.14. The van der Waals surface area contributed by atoms with Crippen LogP contribution in [0.2, 0.25) is 0 Å². The summed E-state index contributed by atoms with van der Waals surface area (Å²) < 4.78 is 0. The summed E-state index contributed by atoms with van der Waals surface area (Å²) in [6, 6.07) is 2.07. The largest absolute Gasteiger partial charge is 0.368 e. The molecule has 5 nitrogen and oxygen atoms in total. The van der Waals surface area contributed by atoms with Crippen LogP contribution in [0, 0.1) is 5.92 Å². The van der Waals surface area contributed by atoms with E-state index in [1.165, 1.54) is 6.33 Å². The SMILES string of the molecule is CC(C)NC(CSc1ccncn1)(C(N)=O)C1CC1. The number of nitrogens with two attached hydrogens (primary N) is 1. The molecule has 0 spiro atoms. The number of primary amides is 1. The topological polar surface area (TPSA) is 80.9 Å². The third-order valence-corrected chi connectivity index (χ3v) is 4.40. The van der Waals surface area contributed by atoms with Gasteiger partial charge in [0.25, 0.3) is 0 Å². The molecule has 0 aliphatic heterocycles. The minimum Gasteiger partial charge on any atom is -0.368 e. The molecular formula is C13H20N4OS. The number of aromatic nitrogens is 2. The number of carbonyl (C=O) groups excluding carboxylic acids is 1. The van der Waals surface area contributed by atoms with Gasteiger partial charge in [-0.15, -0.1) is 11.8 Å². The Bertz CT molecular complexity index is 436. The Kier molecular flexibility index (Phi) is 4.42. The molecule has 0 aromatic carbocycles. The third-order valence-electron chi connectivity index (χ3n) is 3.26. The van der Waals surface area contributed by atoms with Crippen molar-refractivity contribution in [3.05, 3.63) is 18.6 Å². The number of hydrogen-bond acceptors (Lipinski definition) is 5. The van der Waals surface area contributed by atoms with E-state index in [1.54, 1.807) is 18.0 Å². The number of nitrogens with zero attached hydrogens (tertiary/aromatic N) is 2. The van der Waals surface area contributed by atoms with Crippen molar-refractivity contribution < 1.29 is 4.79 Å². The van der Waals surface area contributed by atoms with Crippen molar-refractivity contribution in [1.29, 1.82) is 0 Å². The quantitative estimate of drug-likeness (QED) is 0.579. The zero-order chi connectivity index (χ0) is 13.9. The molecule has 1 atom stereocenters. The van der Waals surface area contributed by atoms with Crippen LogP contribution >= 0.6 is 11.8 Å². The summed E-state index contributed by atoms with van der Waals surface area (Å²) in [4.78, 5) is 20.0. The van der Waals surface area contributed by atoms with Crippen LogP contribution in [-0.2, 0) is 4.79 Å². The van der Waals surface area contributed by atoms with E-state index in [9.17, 15) is 4.79 Å². The van der Waals surface area contributed by atoms with Crippen molar-refractivity contribution in [3.63, 3.8) is 0 Å². The first kappa shape index (κ1) is 14.3. The van der Waals surface area contributed by atoms with E-state index >= 15 is 0 Å². The maximum absolute atomic E-state index is 12.0. The van der Waals surface area contributed by atoms with E-state index < -0.39 is 5.54 Å². The van der Waals surface area contributed by atoms with Gasteiger partial charge in [0.05, 0.1) is 5.03 Å². The molecule has 1 amide bonds. The molecule has 1 aromatic rings. The lowest BCUT2D eigenvalue weighted by Crippen LogP contribution is -2.61. The molecule has 1 heterocycles. The van der Waals surface area contributed by atoms with Crippen LogP contribution in [-0.4, -0.2) is 33.2 Å². The Balaban J connectivity index is 2.11. The molecule has 3 N–H and O–H groups in total. The Morgan fingerprint density at radius 2 is 2.37 bits per heavy atom. The predicted octanol–water partition coefficient (Wildman–Crippen LogP) is 1.20. The number of carbonyl (C=O) groups is 1. The molecule has 1 fully saturated rings. The second-order valence-electron chi connectivity index (χ2n) is 5.25. The molecule has 1 saturated carbocycles. The highest BCUT2D eigenvalue weighted by molar-refractivity contribution is 7.99. The molecule has 2 rings (SSSR count). The molecule has 0 saturated heterocycles. The van der Waals surface area contributed by atoms with E-state index in [0.717, 1.165) is 17.9 Å². The lowest BCUT2D eigenvalue weighted by molar-refractivity contribution is -0.124. The average molecular weight is 280 g/mol. The standard InChI is InChI=1S/C13H20N4OS/c1-9(2)17-13(12(14)18,10-3-4-10)7-19-11-5-6-15-8-16-11/h5-6,8-10,17H,3-4,7H2,1-2H3,(H2,14,18). The molecule has 1 aliphatic rings. The number of rotatable bonds is 7. The van der Waals surface area contributed by atoms with Gasteiger partial charge in [0.15, 0.2) is 0 Å². The van der Waals surface area contributed by atoms with Crippen molar-refractivity contribution in [2.45, 2.75) is 43.3 Å². The van der Waals surface area contributed by atoms with Gasteiger partial charge >= 0.3 is 0 Å². The second kappa shape index (κ2) is 5.88. The molecule has 1 aliphatic carbocycles. The number of nitrogens with one attached hydrogen (secondary N) is 1. The summed E-state index contributed by atoms with van der Waals surface area (Å²) in [5.41, 5.74) is 5.06. The molecule has 0 radical (unpaired) electrons. The van der Waals surface area contributed by atoms with E-state index in [4.69, 9.17) is 5.73 Å². The molecule has 19 heavy (non-hydrogen) atoms. The van der Waals surface area contributed by atoms with Gasteiger partial charge in [0.1, 0.15) is 11.9 Å². The molecule has 104 valence electrons. The van der Waals surface area contributed by atoms with Gasteiger partial charge < -0.3 is 11.1 Å². The van der Waals surface area contributed by atoms with Crippen LogP contribution < -0.4 is 11.1 Å². The Morgan fingerprint density at radius 3 is 2.84 bits per heavy atom. The summed E-state index contributed by atoms with van der Waals surface area (Å²) in [5.74, 6) is 0.703. The lowest BCUT2D eigenvalue weighted by atomic mass is 9.93. The highest BCUT2D eigenvalue weighted by Gasteiger charge is 2.50. The molecular weight excluding hydrogens is 260 g/mol. The normalized spacial score (nSPS) is 18.3. The zero-order valence-electron chi connectivity index (χ0n) is 11.3. The minimum absolute atomic E-state index is 0.221. The fraction of sp³-hybridized carbons (Fsp3) is 0.615. The molecule has 6 heteroatoms. The highest BCUT2D eigenvalue weighted by atomic mass is 32.2. The Morgan fingerprint density at radius 1 is 1.63 bits per heavy atom. The summed E-state index contributed by atoms with van der Waals surface area (Å²) >= 11 is 1.55. The van der Waals surface area contributed by atoms with Gasteiger partial charge in [-0.05, 0) is 38.7 Å². The van der Waals surface area contributed by atoms with Gasteiger partial charge in [0, 0.05) is 18.0 Å². The van der Waals surface area contributed by atoms with Crippen molar-refractivity contribution in [2.75, 3.05) is 5.75 Å². The zero-order valence-corrected chi connectivity index (χ0v) is 12.1. The van der Waals surface area contributed by atoms with Crippen molar-refractivity contribution >= 4 is 17.7 Å². The average Bonchev–Trinajstić information content (AvgIpc) is 3.19. The number of amides is 1. The van der Waals surface area contributed by atoms with Crippen molar-refractivity contribution in [3.8, 4) is 0 Å². The summed E-state index contributed by atoms with van der Waals surface area (Å²) in [6.45, 7) is 4.07. The first-order valence-electron chi connectivity index (χ1n) is 6.51. The van der Waals surface area contributed by atoms with E-state index in [0.29, 0.717) is 11.7 Å². The summed E-state index contributed by atoms with van der Waals surface area (Å²) in [6.07, 6.45) is 5.34.